The Morgan fingerprint density at radius 3 is 2.52 bits per heavy atom. The molecule has 3 aromatic rings. The van der Waals surface area contributed by atoms with Gasteiger partial charge in [-0.1, -0.05) is 17.7 Å². The van der Waals surface area contributed by atoms with Gasteiger partial charge in [-0.2, -0.15) is 0 Å². The fourth-order valence-electron chi connectivity index (χ4n) is 3.09. The number of methoxy groups -OCH3 is 1. The van der Waals surface area contributed by atoms with E-state index in [4.69, 9.17) is 21.1 Å². The van der Waals surface area contributed by atoms with Gasteiger partial charge in [0.25, 0.3) is 0 Å². The second-order valence-corrected chi connectivity index (χ2v) is 7.02. The Bertz CT molecular complexity index is 1040. The molecule has 0 aliphatic carbocycles. The summed E-state index contributed by atoms with van der Waals surface area (Å²) >= 11 is 6.25. The van der Waals surface area contributed by atoms with E-state index in [2.05, 4.69) is 30.5 Å². The number of esters is 1. The molecule has 0 saturated carbocycles. The number of carbonyl (C=O) groups excluding carboxylic acids is 1. The minimum atomic E-state index is -0.647. The number of benzene rings is 1. The quantitative estimate of drug-likeness (QED) is 0.556. The van der Waals surface area contributed by atoms with Crippen molar-refractivity contribution in [1.29, 1.82) is 0 Å². The van der Waals surface area contributed by atoms with E-state index in [0.717, 1.165) is 37.7 Å². The zero-order chi connectivity index (χ0) is 21.6. The van der Waals surface area contributed by atoms with Gasteiger partial charge in [0.2, 0.25) is 0 Å². The lowest BCUT2D eigenvalue weighted by molar-refractivity contribution is 0.0595. The molecule has 31 heavy (non-hydrogen) atoms. The number of hydrogen-bond acceptors (Lipinski definition) is 9. The fourth-order valence-corrected chi connectivity index (χ4v) is 3.27. The van der Waals surface area contributed by atoms with E-state index in [1.54, 1.807) is 18.3 Å². The first-order chi connectivity index (χ1) is 15.1. The fraction of sp³-hybridized carbons (Fsp3) is 0.238. The number of anilines is 5. The average Bonchev–Trinajstić information content (AvgIpc) is 2.82. The highest BCUT2D eigenvalue weighted by Crippen LogP contribution is 2.28. The van der Waals surface area contributed by atoms with Crippen LogP contribution in [0.15, 0.2) is 48.7 Å². The number of ether oxygens (including phenoxy) is 2. The van der Waals surface area contributed by atoms with Gasteiger partial charge in [-0.05, 0) is 36.4 Å². The molecule has 0 radical (unpaired) electrons. The van der Waals surface area contributed by atoms with E-state index in [0.29, 0.717) is 5.82 Å². The van der Waals surface area contributed by atoms with Crippen LogP contribution in [0.1, 0.15) is 10.5 Å². The van der Waals surface area contributed by atoms with Crippen LogP contribution in [0.3, 0.4) is 0 Å². The largest absolute Gasteiger partial charge is 0.464 e. The molecule has 160 valence electrons. The predicted molar refractivity (Wildman–Crippen MR) is 119 cm³/mol. The van der Waals surface area contributed by atoms with Gasteiger partial charge < -0.3 is 25.0 Å². The Kier molecular flexibility index (Phi) is 6.44. The highest BCUT2D eigenvalue weighted by atomic mass is 35.5. The van der Waals surface area contributed by atoms with Crippen molar-refractivity contribution in [3.05, 3.63) is 59.5 Å². The number of pyridine rings is 1. The normalized spacial score (nSPS) is 13.5. The number of morpholine rings is 1. The summed E-state index contributed by atoms with van der Waals surface area (Å²) < 4.78 is 10.2. The third kappa shape index (κ3) is 5.01. The van der Waals surface area contributed by atoms with Crippen molar-refractivity contribution in [2.45, 2.75) is 0 Å². The Morgan fingerprint density at radius 1 is 1.06 bits per heavy atom. The second-order valence-electron chi connectivity index (χ2n) is 6.66. The minimum absolute atomic E-state index is 0.0173. The van der Waals surface area contributed by atoms with Gasteiger partial charge in [0, 0.05) is 30.7 Å². The van der Waals surface area contributed by atoms with Crippen LogP contribution in [0.4, 0.5) is 28.8 Å². The van der Waals surface area contributed by atoms with E-state index in [9.17, 15) is 4.79 Å². The molecule has 0 spiro atoms. The summed E-state index contributed by atoms with van der Waals surface area (Å²) in [5, 5.41) is 6.17. The summed E-state index contributed by atoms with van der Waals surface area (Å²) in [6, 6.07) is 13.2. The van der Waals surface area contributed by atoms with Gasteiger partial charge in [-0.25, -0.2) is 19.7 Å². The lowest BCUT2D eigenvalue weighted by Gasteiger charge is -2.28. The van der Waals surface area contributed by atoms with Crippen LogP contribution >= 0.6 is 11.6 Å². The first-order valence-electron chi connectivity index (χ1n) is 9.68. The summed E-state index contributed by atoms with van der Waals surface area (Å²) in [5.41, 5.74) is 1.82. The third-order valence-electron chi connectivity index (χ3n) is 4.65. The van der Waals surface area contributed by atoms with Gasteiger partial charge in [-0.15, -0.1) is 0 Å². The molecule has 10 heteroatoms. The van der Waals surface area contributed by atoms with Gasteiger partial charge in [0.15, 0.2) is 22.5 Å². The number of rotatable bonds is 6. The maximum absolute atomic E-state index is 12.2. The van der Waals surface area contributed by atoms with E-state index in [-0.39, 0.29) is 22.5 Å². The summed E-state index contributed by atoms with van der Waals surface area (Å²) in [7, 11) is 1.28. The second kappa shape index (κ2) is 9.59. The van der Waals surface area contributed by atoms with Crippen LogP contribution in [0, 0.1) is 0 Å². The van der Waals surface area contributed by atoms with Crippen LogP contribution in [0.2, 0.25) is 5.15 Å². The molecule has 0 bridgehead atoms. The van der Waals surface area contributed by atoms with E-state index in [1.165, 1.54) is 7.11 Å². The number of hydrogen-bond donors (Lipinski definition) is 2. The summed E-state index contributed by atoms with van der Waals surface area (Å²) in [6.07, 6.45) is 1.64. The maximum atomic E-state index is 12.2. The van der Waals surface area contributed by atoms with Crippen LogP contribution in [-0.4, -0.2) is 54.3 Å². The maximum Gasteiger partial charge on any atom is 0.360 e. The van der Waals surface area contributed by atoms with E-state index >= 15 is 0 Å². The summed E-state index contributed by atoms with van der Waals surface area (Å²) in [5.74, 6) is 0.380. The molecule has 1 aliphatic rings. The first-order valence-corrected chi connectivity index (χ1v) is 10.1. The molecule has 1 aromatic carbocycles. The predicted octanol–water partition coefficient (Wildman–Crippen LogP) is 3.64. The number of carbonyl (C=O) groups is 1. The van der Waals surface area contributed by atoms with Crippen molar-refractivity contribution in [1.82, 2.24) is 15.0 Å². The zero-order valence-corrected chi connectivity index (χ0v) is 17.6. The van der Waals surface area contributed by atoms with E-state index in [1.807, 2.05) is 30.3 Å². The monoisotopic (exact) mass is 440 g/mol. The summed E-state index contributed by atoms with van der Waals surface area (Å²) in [6.45, 7) is 3.14. The van der Waals surface area contributed by atoms with Crippen LogP contribution in [-0.2, 0) is 9.47 Å². The van der Waals surface area contributed by atoms with Crippen LogP contribution < -0.4 is 15.5 Å². The molecule has 4 rings (SSSR count). The van der Waals surface area contributed by atoms with Crippen molar-refractivity contribution in [3.63, 3.8) is 0 Å². The molecule has 1 fully saturated rings. The molecule has 3 heterocycles. The first kappa shape index (κ1) is 20.8. The van der Waals surface area contributed by atoms with E-state index < -0.39 is 5.97 Å². The van der Waals surface area contributed by atoms with Crippen molar-refractivity contribution >= 4 is 46.4 Å². The number of aromatic nitrogens is 3. The summed E-state index contributed by atoms with van der Waals surface area (Å²) in [4.78, 5) is 27.3. The lowest BCUT2D eigenvalue weighted by atomic mass is 10.2. The molecule has 0 atom stereocenters. The SMILES string of the molecule is COC(=O)c1nc(Cl)c(Nc2ccccn2)nc1Nc1ccc(N2CCOCC2)cc1. The third-order valence-corrected chi connectivity index (χ3v) is 4.91. The highest BCUT2D eigenvalue weighted by Gasteiger charge is 2.20. The number of nitrogens with one attached hydrogen (secondary N) is 2. The van der Waals surface area contributed by atoms with Crippen LogP contribution in [0.25, 0.3) is 0 Å². The highest BCUT2D eigenvalue weighted by molar-refractivity contribution is 6.32. The Labute approximate surface area is 184 Å². The van der Waals surface area contributed by atoms with Crippen molar-refractivity contribution in [2.75, 3.05) is 48.9 Å². The lowest BCUT2D eigenvalue weighted by Crippen LogP contribution is -2.36. The van der Waals surface area contributed by atoms with Gasteiger partial charge in [0.1, 0.15) is 5.82 Å². The van der Waals surface area contributed by atoms with Gasteiger partial charge >= 0.3 is 5.97 Å². The molecule has 2 aromatic heterocycles. The molecule has 2 N–H and O–H groups in total. The van der Waals surface area contributed by atoms with Crippen molar-refractivity contribution in [3.8, 4) is 0 Å². The van der Waals surface area contributed by atoms with Crippen molar-refractivity contribution < 1.29 is 14.3 Å². The Hall–Kier alpha value is -3.43. The smallest absolute Gasteiger partial charge is 0.360 e. The molecular weight excluding hydrogens is 420 g/mol. The van der Waals surface area contributed by atoms with Crippen molar-refractivity contribution in [2.24, 2.45) is 0 Å². The molecule has 0 unspecified atom stereocenters. The minimum Gasteiger partial charge on any atom is -0.464 e. The van der Waals surface area contributed by atoms with Crippen LogP contribution in [0.5, 0.6) is 0 Å². The molecule has 9 nitrogen and oxygen atoms in total. The molecule has 0 amide bonds. The zero-order valence-electron chi connectivity index (χ0n) is 16.8. The number of halogens is 1. The average molecular weight is 441 g/mol. The molecule has 1 saturated heterocycles. The molecule has 1 aliphatic heterocycles. The van der Waals surface area contributed by atoms with Gasteiger partial charge in [-0.3, -0.25) is 0 Å². The Balaban J connectivity index is 1.60. The standard InChI is InChI=1S/C21H21ClN6O3/c1-30-21(29)17-19(27-20(18(22)26-17)25-16-4-2-3-9-23-16)24-14-5-7-15(8-6-14)28-10-12-31-13-11-28/h2-9H,10-13H2,1H3,(H2,23,24,25,27). The Morgan fingerprint density at radius 2 is 1.84 bits per heavy atom. The topological polar surface area (TPSA) is 102 Å². The molecular formula is C21H21ClN6O3. The number of nitrogens with zero attached hydrogens (tertiary/aromatic N) is 4. The van der Waals surface area contributed by atoms with Gasteiger partial charge in [0.05, 0.1) is 20.3 Å².